The quantitative estimate of drug-likeness (QED) is 0.912. The Kier molecular flexibility index (Phi) is 3.63. The maximum atomic E-state index is 12.0. The van der Waals surface area contributed by atoms with Crippen molar-refractivity contribution in [3.05, 3.63) is 27.7 Å². The molecule has 0 aromatic heterocycles. The van der Waals surface area contributed by atoms with Crippen molar-refractivity contribution in [3.63, 3.8) is 0 Å². The number of rotatable bonds is 2. The van der Waals surface area contributed by atoms with Crippen molar-refractivity contribution in [1.29, 1.82) is 5.26 Å². The van der Waals surface area contributed by atoms with Gasteiger partial charge in [-0.25, -0.2) is 4.79 Å². The molecule has 0 heterocycles. The van der Waals surface area contributed by atoms with Crippen molar-refractivity contribution in [1.82, 2.24) is 0 Å². The monoisotopic (exact) mass is 309 g/mol. The number of nitriles is 1. The van der Waals surface area contributed by atoms with Crippen LogP contribution in [0.5, 0.6) is 5.75 Å². The van der Waals surface area contributed by atoms with Gasteiger partial charge in [0.25, 0.3) is 0 Å². The van der Waals surface area contributed by atoms with E-state index in [-0.39, 0.29) is 5.56 Å². The number of alkyl halides is 3. The minimum Gasteiger partial charge on any atom is -0.478 e. The summed E-state index contributed by atoms with van der Waals surface area (Å²) in [5.41, 5.74) is -0.840. The van der Waals surface area contributed by atoms with Crippen LogP contribution in [0.25, 0.3) is 0 Å². The van der Waals surface area contributed by atoms with Crippen LogP contribution < -0.4 is 4.74 Å². The van der Waals surface area contributed by atoms with Gasteiger partial charge in [-0.1, -0.05) is 0 Å². The summed E-state index contributed by atoms with van der Waals surface area (Å²) in [6, 6.07) is 3.36. The molecule has 0 aliphatic heterocycles. The summed E-state index contributed by atoms with van der Waals surface area (Å²) in [4.78, 5) is 10.8. The fraction of sp³-hybridized carbons (Fsp3) is 0.111. The van der Waals surface area contributed by atoms with Gasteiger partial charge in [0, 0.05) is 0 Å². The lowest BCUT2D eigenvalue weighted by Crippen LogP contribution is -2.18. The van der Waals surface area contributed by atoms with Gasteiger partial charge in [0.15, 0.2) is 0 Å². The van der Waals surface area contributed by atoms with Gasteiger partial charge in [-0.15, -0.1) is 13.2 Å². The molecule has 0 saturated heterocycles. The number of carbonyl (C=O) groups is 1. The molecule has 0 saturated carbocycles. The second kappa shape index (κ2) is 4.63. The Morgan fingerprint density at radius 1 is 1.47 bits per heavy atom. The molecule has 0 aliphatic rings. The number of carboxylic acids is 1. The van der Waals surface area contributed by atoms with Gasteiger partial charge in [0.2, 0.25) is 0 Å². The molecule has 1 aromatic rings. The second-order valence-corrected chi connectivity index (χ2v) is 3.56. The lowest BCUT2D eigenvalue weighted by atomic mass is 10.1. The lowest BCUT2D eigenvalue weighted by Gasteiger charge is -2.12. The molecule has 90 valence electrons. The van der Waals surface area contributed by atoms with E-state index in [0.717, 1.165) is 12.1 Å². The third kappa shape index (κ3) is 3.10. The third-order valence-corrected chi connectivity index (χ3v) is 2.45. The van der Waals surface area contributed by atoms with E-state index < -0.39 is 28.1 Å². The van der Waals surface area contributed by atoms with Gasteiger partial charge < -0.3 is 9.84 Å². The van der Waals surface area contributed by atoms with Crippen LogP contribution in [-0.4, -0.2) is 17.4 Å². The van der Waals surface area contributed by atoms with Crippen molar-refractivity contribution in [3.8, 4) is 11.8 Å². The largest absolute Gasteiger partial charge is 0.573 e. The zero-order valence-corrected chi connectivity index (χ0v) is 9.46. The van der Waals surface area contributed by atoms with Crippen molar-refractivity contribution in [2.24, 2.45) is 0 Å². The third-order valence-electron chi connectivity index (χ3n) is 1.67. The number of hydrogen-bond acceptors (Lipinski definition) is 3. The summed E-state index contributed by atoms with van der Waals surface area (Å²) in [5.74, 6) is -2.24. The summed E-state index contributed by atoms with van der Waals surface area (Å²) < 4.78 is 39.1. The van der Waals surface area contributed by atoms with Gasteiger partial charge >= 0.3 is 12.3 Å². The Bertz CT molecular complexity index is 507. The fourth-order valence-corrected chi connectivity index (χ4v) is 1.66. The van der Waals surface area contributed by atoms with E-state index in [4.69, 9.17) is 10.4 Å². The van der Waals surface area contributed by atoms with Crippen LogP contribution in [0, 0.1) is 11.3 Å². The molecule has 4 nitrogen and oxygen atoms in total. The molecule has 0 unspecified atom stereocenters. The summed E-state index contributed by atoms with van der Waals surface area (Å²) in [7, 11) is 0. The number of halogens is 4. The van der Waals surface area contributed by atoms with Crippen LogP contribution in [0.2, 0.25) is 0 Å². The fourth-order valence-electron chi connectivity index (χ4n) is 1.06. The molecule has 0 atom stereocenters. The minimum absolute atomic E-state index is 0.265. The molecule has 0 aliphatic carbocycles. The van der Waals surface area contributed by atoms with E-state index in [1.54, 1.807) is 6.07 Å². The van der Waals surface area contributed by atoms with Crippen LogP contribution in [0.3, 0.4) is 0 Å². The average Bonchev–Trinajstić information content (AvgIpc) is 2.18. The Balaban J connectivity index is 3.35. The van der Waals surface area contributed by atoms with Crippen molar-refractivity contribution in [2.75, 3.05) is 0 Å². The highest BCUT2D eigenvalue weighted by molar-refractivity contribution is 9.10. The first kappa shape index (κ1) is 13.3. The van der Waals surface area contributed by atoms with E-state index in [2.05, 4.69) is 20.7 Å². The first-order valence-corrected chi connectivity index (χ1v) is 4.77. The molecule has 0 bridgehead atoms. The molecule has 0 fully saturated rings. The van der Waals surface area contributed by atoms with Gasteiger partial charge in [-0.05, 0) is 28.1 Å². The predicted octanol–water partition coefficient (Wildman–Crippen LogP) is 2.92. The molecule has 0 amide bonds. The number of aromatic carboxylic acids is 1. The van der Waals surface area contributed by atoms with Crippen LogP contribution >= 0.6 is 15.9 Å². The van der Waals surface area contributed by atoms with Gasteiger partial charge in [0.1, 0.15) is 11.8 Å². The number of nitrogens with zero attached hydrogens (tertiary/aromatic N) is 1. The Labute approximate surface area is 101 Å². The number of hydrogen-bond donors (Lipinski definition) is 1. The molecule has 1 aromatic carbocycles. The van der Waals surface area contributed by atoms with Crippen LogP contribution in [0.4, 0.5) is 13.2 Å². The maximum Gasteiger partial charge on any atom is 0.573 e. The molecular formula is C9H3BrF3NO3. The first-order chi connectivity index (χ1) is 7.76. The predicted molar refractivity (Wildman–Crippen MR) is 52.5 cm³/mol. The van der Waals surface area contributed by atoms with Crippen LogP contribution in [-0.2, 0) is 0 Å². The lowest BCUT2D eigenvalue weighted by molar-refractivity contribution is -0.274. The molecule has 17 heavy (non-hydrogen) atoms. The minimum atomic E-state index is -4.94. The van der Waals surface area contributed by atoms with E-state index in [0.29, 0.717) is 0 Å². The number of ether oxygens (including phenoxy) is 1. The second-order valence-electron chi connectivity index (χ2n) is 2.77. The molecular weight excluding hydrogens is 307 g/mol. The zero-order valence-electron chi connectivity index (χ0n) is 7.88. The Hall–Kier alpha value is -1.75. The normalized spacial score (nSPS) is 10.8. The Morgan fingerprint density at radius 3 is 2.47 bits per heavy atom. The molecule has 1 rings (SSSR count). The summed E-state index contributed by atoms with van der Waals surface area (Å²) >= 11 is 2.67. The van der Waals surface area contributed by atoms with E-state index >= 15 is 0 Å². The van der Waals surface area contributed by atoms with Crippen molar-refractivity contribution in [2.45, 2.75) is 6.36 Å². The molecule has 1 N–H and O–H groups in total. The molecule has 0 spiro atoms. The van der Waals surface area contributed by atoms with E-state index in [1.807, 2.05) is 0 Å². The summed E-state index contributed by atoms with van der Waals surface area (Å²) in [6.07, 6.45) is -4.94. The Morgan fingerprint density at radius 2 is 2.06 bits per heavy atom. The highest BCUT2D eigenvalue weighted by Gasteiger charge is 2.33. The molecule has 8 heteroatoms. The topological polar surface area (TPSA) is 70.3 Å². The van der Waals surface area contributed by atoms with Crippen molar-refractivity contribution >= 4 is 21.9 Å². The SMILES string of the molecule is N#Cc1ccc(OC(F)(F)F)c(Br)c1C(=O)O. The average molecular weight is 310 g/mol. The van der Waals surface area contributed by atoms with E-state index in [1.165, 1.54) is 0 Å². The van der Waals surface area contributed by atoms with Gasteiger partial charge in [-0.3, -0.25) is 0 Å². The van der Waals surface area contributed by atoms with Crippen LogP contribution in [0.1, 0.15) is 15.9 Å². The summed E-state index contributed by atoms with van der Waals surface area (Å²) in [5, 5.41) is 17.4. The smallest absolute Gasteiger partial charge is 0.478 e. The standard InChI is InChI=1S/C9H3BrF3NO3/c10-7-5(17-9(11,12)13)2-1-4(3-14)6(7)8(15)16/h1-2H,(H,15,16). The maximum absolute atomic E-state index is 12.0. The highest BCUT2D eigenvalue weighted by Crippen LogP contribution is 2.34. The van der Waals surface area contributed by atoms with Crippen LogP contribution in [0.15, 0.2) is 16.6 Å². The van der Waals surface area contributed by atoms with Crippen molar-refractivity contribution < 1.29 is 27.8 Å². The van der Waals surface area contributed by atoms with E-state index in [9.17, 15) is 18.0 Å². The first-order valence-electron chi connectivity index (χ1n) is 3.98. The summed E-state index contributed by atoms with van der Waals surface area (Å²) in [6.45, 7) is 0. The highest BCUT2D eigenvalue weighted by atomic mass is 79.9. The number of carboxylic acid groups (broad SMARTS) is 1. The van der Waals surface area contributed by atoms with Gasteiger partial charge in [-0.2, -0.15) is 5.26 Å². The molecule has 0 radical (unpaired) electrons. The zero-order chi connectivity index (χ0) is 13.2. The van der Waals surface area contributed by atoms with Gasteiger partial charge in [0.05, 0.1) is 15.6 Å². The number of benzene rings is 1.